The van der Waals surface area contributed by atoms with Crippen molar-refractivity contribution >= 4 is 25.6 Å². The summed E-state index contributed by atoms with van der Waals surface area (Å²) in [7, 11) is -7.39. The summed E-state index contributed by atoms with van der Waals surface area (Å²) in [5.41, 5.74) is 0.303. The van der Waals surface area contributed by atoms with E-state index in [-0.39, 0.29) is 16.6 Å². The Morgan fingerprint density at radius 3 is 1.63 bits per heavy atom. The van der Waals surface area contributed by atoms with E-state index in [0.29, 0.717) is 5.57 Å². The number of rotatable bonds is 5. The first-order valence-electron chi connectivity index (χ1n) is 8.31. The number of hydrogen-bond acceptors (Lipinski definition) is 8. The van der Waals surface area contributed by atoms with Gasteiger partial charge in [0.2, 0.25) is 20.0 Å². The van der Waals surface area contributed by atoms with Crippen molar-refractivity contribution in [2.45, 2.75) is 38.9 Å². The van der Waals surface area contributed by atoms with E-state index in [2.05, 4.69) is 19.9 Å². The minimum atomic E-state index is -3.75. The number of nitrogens with two attached hydrogens (primary N) is 2. The molecule has 30 heavy (non-hydrogen) atoms. The topological polar surface area (TPSA) is 172 Å². The Bertz CT molecular complexity index is 1110. The first kappa shape index (κ1) is 25.6. The highest BCUT2D eigenvalue weighted by Gasteiger charge is 2.26. The van der Waals surface area contributed by atoms with Gasteiger partial charge in [-0.1, -0.05) is 6.92 Å². The van der Waals surface area contributed by atoms with Crippen molar-refractivity contribution in [3.63, 3.8) is 0 Å². The molecule has 2 aromatic heterocycles. The van der Waals surface area contributed by atoms with Crippen molar-refractivity contribution in [3.8, 4) is 0 Å². The van der Waals surface area contributed by atoms with E-state index in [1.807, 2.05) is 0 Å². The van der Waals surface area contributed by atoms with Crippen LogP contribution >= 0.6 is 0 Å². The summed E-state index contributed by atoms with van der Waals surface area (Å²) < 4.78 is 69.1. The normalized spacial score (nSPS) is 14.8. The maximum Gasteiger partial charge on any atom is 0.234 e. The Kier molecular flexibility index (Phi) is 8.59. The third-order valence-corrected chi connectivity index (χ3v) is 6.78. The van der Waals surface area contributed by atoms with Gasteiger partial charge in [-0.15, -0.1) is 0 Å². The van der Waals surface area contributed by atoms with E-state index in [9.17, 15) is 25.6 Å². The lowest BCUT2D eigenvalue weighted by atomic mass is 10.1. The largest absolute Gasteiger partial charge is 0.238 e. The van der Waals surface area contributed by atoms with Gasteiger partial charge in [0.05, 0.1) is 34.9 Å². The van der Waals surface area contributed by atoms with Gasteiger partial charge in [-0.2, -0.15) is 0 Å². The van der Waals surface area contributed by atoms with Gasteiger partial charge >= 0.3 is 0 Å². The van der Waals surface area contributed by atoms with Crippen LogP contribution in [0.5, 0.6) is 0 Å². The molecule has 10 nitrogen and oxygen atoms in total. The van der Waals surface area contributed by atoms with Crippen molar-refractivity contribution in [1.29, 1.82) is 0 Å². The second-order valence-electron chi connectivity index (χ2n) is 6.29. The van der Waals surface area contributed by atoms with Gasteiger partial charge in [-0.05, 0) is 20.8 Å². The van der Waals surface area contributed by atoms with Gasteiger partial charge in [0, 0.05) is 11.5 Å². The van der Waals surface area contributed by atoms with Gasteiger partial charge in [0.25, 0.3) is 0 Å². The Morgan fingerprint density at radius 1 is 0.867 bits per heavy atom. The third kappa shape index (κ3) is 7.44. The van der Waals surface area contributed by atoms with Crippen LogP contribution in [0.4, 0.5) is 8.78 Å². The van der Waals surface area contributed by atoms with Crippen LogP contribution in [0.15, 0.2) is 29.7 Å². The summed E-state index contributed by atoms with van der Waals surface area (Å²) in [6.45, 7) is 5.94. The molecule has 2 rings (SSSR count). The van der Waals surface area contributed by atoms with Gasteiger partial charge in [-0.3, -0.25) is 0 Å². The number of halogens is 2. The molecule has 0 aliphatic rings. The molecule has 0 aliphatic heterocycles. The first-order chi connectivity index (χ1) is 13.6. The van der Waals surface area contributed by atoms with E-state index in [1.165, 1.54) is 20.8 Å². The molecule has 0 aromatic carbocycles. The summed E-state index contributed by atoms with van der Waals surface area (Å²) in [4.78, 5) is 14.7. The van der Waals surface area contributed by atoms with Crippen molar-refractivity contribution in [1.82, 2.24) is 19.9 Å². The lowest BCUT2D eigenvalue weighted by Crippen LogP contribution is -2.31. The molecule has 166 valence electrons. The number of sulfonamides is 2. The fraction of sp³-hybridized carbons (Fsp3) is 0.375. The van der Waals surface area contributed by atoms with Crippen LogP contribution in [0.25, 0.3) is 5.57 Å². The van der Waals surface area contributed by atoms with E-state index in [0.717, 1.165) is 24.8 Å². The summed E-state index contributed by atoms with van der Waals surface area (Å²) >= 11 is 0. The molecule has 2 heterocycles. The Morgan fingerprint density at radius 2 is 1.27 bits per heavy atom. The molecular formula is C16H22F2N6O4S2. The molecule has 0 unspecified atom stereocenters. The second kappa shape index (κ2) is 10.1. The molecular weight excluding hydrogens is 442 g/mol. The summed E-state index contributed by atoms with van der Waals surface area (Å²) in [6.07, 6.45) is 3.91. The van der Waals surface area contributed by atoms with Crippen molar-refractivity contribution in [3.05, 3.63) is 53.0 Å². The van der Waals surface area contributed by atoms with Crippen LogP contribution in [-0.4, -0.2) is 42.0 Å². The second-order valence-corrected chi connectivity index (χ2v) is 9.92. The Hall–Kier alpha value is -2.42. The molecule has 2 atom stereocenters. The minimum absolute atomic E-state index is 0.0332. The molecule has 4 N–H and O–H groups in total. The summed E-state index contributed by atoms with van der Waals surface area (Å²) in [5, 5.41) is 9.12. The zero-order valence-electron chi connectivity index (χ0n) is 16.6. The van der Waals surface area contributed by atoms with E-state index in [1.54, 1.807) is 6.92 Å². The van der Waals surface area contributed by atoms with Crippen molar-refractivity contribution in [2.24, 2.45) is 10.3 Å². The van der Waals surface area contributed by atoms with Crippen LogP contribution in [0, 0.1) is 11.6 Å². The quantitative estimate of drug-likeness (QED) is 0.661. The summed E-state index contributed by atoms with van der Waals surface area (Å²) in [6, 6.07) is 0. The van der Waals surface area contributed by atoms with Crippen molar-refractivity contribution < 1.29 is 25.6 Å². The monoisotopic (exact) mass is 464 g/mol. The van der Waals surface area contributed by atoms with Crippen molar-refractivity contribution in [2.75, 3.05) is 0 Å². The fourth-order valence-corrected chi connectivity index (χ4v) is 3.14. The number of aromatic nitrogens is 4. The smallest absolute Gasteiger partial charge is 0.234 e. The lowest BCUT2D eigenvalue weighted by molar-refractivity contribution is 0.559. The van der Waals surface area contributed by atoms with Crippen LogP contribution in [-0.2, 0) is 20.0 Å². The average molecular weight is 465 g/mol. The van der Waals surface area contributed by atoms with Gasteiger partial charge < -0.3 is 0 Å². The van der Waals surface area contributed by atoms with E-state index < -0.39 is 42.8 Å². The average Bonchev–Trinajstić information content (AvgIpc) is 2.66. The third-order valence-electron chi connectivity index (χ3n) is 4.18. The zero-order valence-corrected chi connectivity index (χ0v) is 18.2. The SMILES string of the molecule is C/C(=C(/C)S(N)(=O)=O)c1ncc(F)cn1.C[C@H](c1ncc(F)cn1)[C@H](C)S(N)(=O)=O. The van der Waals surface area contributed by atoms with Crippen LogP contribution < -0.4 is 10.3 Å². The number of nitrogens with zero attached hydrogens (tertiary/aromatic N) is 4. The van der Waals surface area contributed by atoms with Crippen LogP contribution in [0.2, 0.25) is 0 Å². The first-order valence-corrected chi connectivity index (χ1v) is 11.5. The highest BCUT2D eigenvalue weighted by Crippen LogP contribution is 2.19. The lowest BCUT2D eigenvalue weighted by Gasteiger charge is -2.15. The van der Waals surface area contributed by atoms with Gasteiger partial charge in [0.1, 0.15) is 5.82 Å². The fourth-order valence-electron chi connectivity index (χ4n) is 1.93. The maximum atomic E-state index is 12.5. The molecule has 0 fully saturated rings. The molecule has 14 heteroatoms. The number of primary sulfonamides is 2. The maximum absolute atomic E-state index is 12.5. The highest BCUT2D eigenvalue weighted by molar-refractivity contribution is 7.93. The van der Waals surface area contributed by atoms with Crippen LogP contribution in [0.3, 0.4) is 0 Å². The molecule has 0 bridgehead atoms. The zero-order chi connectivity index (χ0) is 23.3. The van der Waals surface area contributed by atoms with E-state index in [4.69, 9.17) is 10.3 Å². The molecule has 2 aromatic rings. The predicted molar refractivity (Wildman–Crippen MR) is 106 cm³/mol. The highest BCUT2D eigenvalue weighted by atomic mass is 32.2. The molecule has 0 radical (unpaired) electrons. The Labute approximate surface area is 173 Å². The molecule has 0 amide bonds. The van der Waals surface area contributed by atoms with Crippen LogP contribution in [0.1, 0.15) is 45.3 Å². The van der Waals surface area contributed by atoms with Gasteiger partial charge in [-0.25, -0.2) is 55.8 Å². The standard InChI is InChI=1S/C8H12FN3O2S.C8H10FN3O2S/c2*1-5(6(2)15(10,13)14)8-11-3-7(9)4-12-8/h3-6H,1-2H3,(H2,10,13,14);3-4H,1-2H3,(H2,10,13,14)/b;6-5+/t5-,6-;/m0./s1. The number of allylic oxidation sites excluding steroid dienone is 2. The molecule has 0 spiro atoms. The molecule has 0 saturated heterocycles. The van der Waals surface area contributed by atoms with E-state index >= 15 is 0 Å². The minimum Gasteiger partial charge on any atom is -0.238 e. The van der Waals surface area contributed by atoms with Gasteiger partial charge in [0.15, 0.2) is 17.5 Å². The predicted octanol–water partition coefficient (Wildman–Crippen LogP) is 1.05. The number of hydrogen-bond donors (Lipinski definition) is 2. The molecule has 0 aliphatic carbocycles. The summed E-state index contributed by atoms with van der Waals surface area (Å²) in [5.74, 6) is -1.21. The Balaban J connectivity index is 0.000000300. The molecule has 0 saturated carbocycles.